The van der Waals surface area contributed by atoms with E-state index < -0.39 is 6.43 Å². The van der Waals surface area contributed by atoms with Gasteiger partial charge in [0.15, 0.2) is 0 Å². The van der Waals surface area contributed by atoms with E-state index in [2.05, 4.69) is 20.3 Å². The molecule has 0 amide bonds. The molecule has 0 aliphatic rings. The molecule has 0 spiro atoms. The standard InChI is InChI=1S/C4H2BrF2NS/c5-2-1-8-9-3(2)4(6)7/h1,4H. The van der Waals surface area contributed by atoms with Crippen LogP contribution in [0.4, 0.5) is 8.78 Å². The van der Waals surface area contributed by atoms with Crippen LogP contribution in [-0.4, -0.2) is 4.37 Å². The Morgan fingerprint density at radius 2 is 2.33 bits per heavy atom. The van der Waals surface area contributed by atoms with E-state index in [-0.39, 0.29) is 4.88 Å². The molecular formula is C4H2BrF2NS. The van der Waals surface area contributed by atoms with Gasteiger partial charge in [0.1, 0.15) is 4.88 Å². The molecule has 0 N–H and O–H groups in total. The summed E-state index contributed by atoms with van der Waals surface area (Å²) in [6, 6.07) is 0. The van der Waals surface area contributed by atoms with Gasteiger partial charge >= 0.3 is 0 Å². The van der Waals surface area contributed by atoms with E-state index in [9.17, 15) is 8.78 Å². The van der Waals surface area contributed by atoms with E-state index in [1.54, 1.807) is 0 Å². The van der Waals surface area contributed by atoms with Crippen molar-refractivity contribution in [2.24, 2.45) is 0 Å². The van der Waals surface area contributed by atoms with Crippen LogP contribution in [-0.2, 0) is 0 Å². The highest BCUT2D eigenvalue weighted by Gasteiger charge is 2.12. The van der Waals surface area contributed by atoms with Crippen molar-refractivity contribution in [2.45, 2.75) is 6.43 Å². The molecule has 0 bridgehead atoms. The number of alkyl halides is 2. The van der Waals surface area contributed by atoms with Gasteiger partial charge in [0.25, 0.3) is 6.43 Å². The number of hydrogen-bond donors (Lipinski definition) is 0. The second-order valence-corrected chi connectivity index (χ2v) is 3.03. The summed E-state index contributed by atoms with van der Waals surface area (Å²) in [6.07, 6.45) is -1.04. The van der Waals surface area contributed by atoms with Crippen molar-refractivity contribution in [3.05, 3.63) is 15.5 Å². The fourth-order valence-electron chi connectivity index (χ4n) is 0.381. The molecule has 0 aromatic carbocycles. The zero-order valence-electron chi connectivity index (χ0n) is 4.14. The lowest BCUT2D eigenvalue weighted by molar-refractivity contribution is 0.155. The van der Waals surface area contributed by atoms with Crippen molar-refractivity contribution in [1.82, 2.24) is 4.37 Å². The minimum Gasteiger partial charge on any atom is -0.204 e. The van der Waals surface area contributed by atoms with E-state index in [0.717, 1.165) is 11.5 Å². The van der Waals surface area contributed by atoms with E-state index in [1.165, 1.54) is 6.20 Å². The number of rotatable bonds is 1. The maximum Gasteiger partial charge on any atom is 0.275 e. The monoisotopic (exact) mass is 213 g/mol. The van der Waals surface area contributed by atoms with Crippen molar-refractivity contribution in [3.63, 3.8) is 0 Å². The van der Waals surface area contributed by atoms with Gasteiger partial charge in [-0.2, -0.15) is 4.37 Å². The van der Waals surface area contributed by atoms with Crippen LogP contribution in [0.3, 0.4) is 0 Å². The molecule has 0 aliphatic carbocycles. The molecule has 50 valence electrons. The second kappa shape index (κ2) is 2.70. The van der Waals surface area contributed by atoms with Gasteiger partial charge in [0, 0.05) is 0 Å². The molecule has 0 radical (unpaired) electrons. The maximum absolute atomic E-state index is 11.8. The average Bonchev–Trinajstić information content (AvgIpc) is 2.13. The molecule has 0 unspecified atom stereocenters. The Labute approximate surface area is 63.0 Å². The lowest BCUT2D eigenvalue weighted by atomic mass is 10.5. The van der Waals surface area contributed by atoms with Crippen molar-refractivity contribution in [2.75, 3.05) is 0 Å². The van der Waals surface area contributed by atoms with Crippen molar-refractivity contribution in [1.29, 1.82) is 0 Å². The fourth-order valence-corrected chi connectivity index (χ4v) is 1.50. The molecule has 5 heteroatoms. The first-order valence-electron chi connectivity index (χ1n) is 2.10. The molecule has 0 saturated heterocycles. The molecular weight excluding hydrogens is 212 g/mol. The highest BCUT2D eigenvalue weighted by Crippen LogP contribution is 2.29. The Bertz CT molecular complexity index is 200. The van der Waals surface area contributed by atoms with Crippen LogP contribution >= 0.6 is 27.5 Å². The van der Waals surface area contributed by atoms with E-state index in [4.69, 9.17) is 0 Å². The molecule has 1 aromatic heterocycles. The summed E-state index contributed by atoms with van der Waals surface area (Å²) < 4.78 is 27.6. The van der Waals surface area contributed by atoms with Crippen molar-refractivity contribution < 1.29 is 8.78 Å². The normalized spacial score (nSPS) is 10.7. The summed E-state index contributed by atoms with van der Waals surface area (Å²) in [4.78, 5) is -0.00463. The van der Waals surface area contributed by atoms with Gasteiger partial charge < -0.3 is 0 Å². The quantitative estimate of drug-likeness (QED) is 0.700. The highest BCUT2D eigenvalue weighted by atomic mass is 79.9. The first-order chi connectivity index (χ1) is 4.22. The largest absolute Gasteiger partial charge is 0.275 e. The average molecular weight is 214 g/mol. The van der Waals surface area contributed by atoms with Crippen LogP contribution in [0.25, 0.3) is 0 Å². The minimum absolute atomic E-state index is 0.00463. The molecule has 1 nitrogen and oxygen atoms in total. The van der Waals surface area contributed by atoms with E-state index >= 15 is 0 Å². The predicted molar refractivity (Wildman–Crippen MR) is 34.8 cm³/mol. The maximum atomic E-state index is 11.8. The molecule has 0 fully saturated rings. The predicted octanol–water partition coefficient (Wildman–Crippen LogP) is 2.84. The molecule has 1 rings (SSSR count). The summed E-state index contributed by atoms with van der Waals surface area (Å²) in [6.45, 7) is 0. The van der Waals surface area contributed by atoms with E-state index in [1.807, 2.05) is 0 Å². The summed E-state index contributed by atoms with van der Waals surface area (Å²) in [5, 5.41) is 0. The Morgan fingerprint density at radius 3 is 2.56 bits per heavy atom. The molecule has 9 heavy (non-hydrogen) atoms. The third-order valence-electron chi connectivity index (χ3n) is 0.751. The van der Waals surface area contributed by atoms with Gasteiger partial charge in [-0.1, -0.05) is 0 Å². The van der Waals surface area contributed by atoms with Gasteiger partial charge in [0.2, 0.25) is 0 Å². The number of nitrogens with zero attached hydrogens (tertiary/aromatic N) is 1. The Kier molecular flexibility index (Phi) is 2.13. The summed E-state index contributed by atoms with van der Waals surface area (Å²) in [5.41, 5.74) is 0. The zero-order chi connectivity index (χ0) is 6.85. The van der Waals surface area contributed by atoms with E-state index in [0.29, 0.717) is 4.47 Å². The summed E-state index contributed by atoms with van der Waals surface area (Å²) >= 11 is 3.75. The van der Waals surface area contributed by atoms with Gasteiger partial charge in [-0.15, -0.1) is 0 Å². The lowest BCUT2D eigenvalue weighted by Gasteiger charge is -1.90. The summed E-state index contributed by atoms with van der Waals surface area (Å²) in [5.74, 6) is 0. The third-order valence-corrected chi connectivity index (χ3v) is 2.45. The van der Waals surface area contributed by atoms with Crippen LogP contribution < -0.4 is 0 Å². The van der Waals surface area contributed by atoms with Crippen molar-refractivity contribution >= 4 is 27.5 Å². The number of hydrogen-bond acceptors (Lipinski definition) is 2. The third kappa shape index (κ3) is 1.46. The molecule has 0 atom stereocenters. The smallest absolute Gasteiger partial charge is 0.204 e. The van der Waals surface area contributed by atoms with Crippen LogP contribution in [0.1, 0.15) is 11.3 Å². The van der Waals surface area contributed by atoms with Crippen LogP contribution in [0.15, 0.2) is 10.7 Å². The Hall–Kier alpha value is -0.0300. The van der Waals surface area contributed by atoms with Crippen molar-refractivity contribution in [3.8, 4) is 0 Å². The second-order valence-electron chi connectivity index (χ2n) is 1.34. The molecule has 1 aromatic rings. The fraction of sp³-hybridized carbons (Fsp3) is 0.250. The highest BCUT2D eigenvalue weighted by molar-refractivity contribution is 9.10. The van der Waals surface area contributed by atoms with Gasteiger partial charge in [-0.3, -0.25) is 0 Å². The van der Waals surface area contributed by atoms with Gasteiger partial charge in [-0.25, -0.2) is 8.78 Å². The number of aromatic nitrogens is 1. The van der Waals surface area contributed by atoms with Gasteiger partial charge in [0.05, 0.1) is 10.7 Å². The Morgan fingerprint density at radius 1 is 1.67 bits per heavy atom. The molecule has 0 aliphatic heterocycles. The molecule has 1 heterocycles. The topological polar surface area (TPSA) is 12.9 Å². The summed E-state index contributed by atoms with van der Waals surface area (Å²) in [7, 11) is 0. The van der Waals surface area contributed by atoms with Crippen LogP contribution in [0.2, 0.25) is 0 Å². The first-order valence-corrected chi connectivity index (χ1v) is 3.66. The van der Waals surface area contributed by atoms with Crippen LogP contribution in [0.5, 0.6) is 0 Å². The lowest BCUT2D eigenvalue weighted by Crippen LogP contribution is -1.75. The zero-order valence-corrected chi connectivity index (χ0v) is 6.55. The Balaban J connectivity index is 2.94. The number of halogens is 3. The molecule has 0 saturated carbocycles. The first kappa shape index (κ1) is 7.08. The van der Waals surface area contributed by atoms with Gasteiger partial charge in [-0.05, 0) is 27.5 Å². The minimum atomic E-state index is -2.41. The SMILES string of the molecule is FC(F)c1sncc1Br. The van der Waals surface area contributed by atoms with Crippen LogP contribution in [0, 0.1) is 0 Å².